The molecule has 1 N–H and O–H groups in total. The molecule has 0 bridgehead atoms. The normalized spacial score (nSPS) is 14.4. The summed E-state index contributed by atoms with van der Waals surface area (Å²) in [4.78, 5) is 0. The van der Waals surface area contributed by atoms with Crippen LogP contribution in [0, 0.1) is 0 Å². The van der Waals surface area contributed by atoms with Crippen molar-refractivity contribution in [3.63, 3.8) is 0 Å². The van der Waals surface area contributed by atoms with Crippen LogP contribution in [-0.2, 0) is 16.4 Å². The predicted octanol–water partition coefficient (Wildman–Crippen LogP) is 2.71. The molecule has 3 nitrogen and oxygen atoms in total. The third-order valence-electron chi connectivity index (χ3n) is 2.64. The van der Waals surface area contributed by atoms with Gasteiger partial charge in [-0.1, -0.05) is 46.3 Å². The second kappa shape index (κ2) is 6.17. The van der Waals surface area contributed by atoms with Crippen LogP contribution < -0.4 is 4.72 Å². The monoisotopic (exact) mass is 333 g/mol. The minimum Gasteiger partial charge on any atom is -0.212 e. The maximum atomic E-state index is 12.1. The van der Waals surface area contributed by atoms with Gasteiger partial charge in [0.05, 0.1) is 4.75 Å². The molecule has 0 aliphatic heterocycles. The molecular formula is C13H20BrNO2S. The Labute approximate surface area is 118 Å². The van der Waals surface area contributed by atoms with E-state index in [2.05, 4.69) is 20.7 Å². The summed E-state index contributed by atoms with van der Waals surface area (Å²) in [6.45, 7) is 5.09. The fraction of sp³-hybridized carbons (Fsp3) is 0.538. The number of benzene rings is 1. The lowest BCUT2D eigenvalue weighted by Gasteiger charge is -2.24. The number of rotatable bonds is 5. The molecule has 0 fully saturated rings. The Morgan fingerprint density at radius 3 is 2.22 bits per heavy atom. The molecule has 0 heterocycles. The molecular weight excluding hydrogens is 314 g/mol. The fourth-order valence-electron chi connectivity index (χ4n) is 1.42. The van der Waals surface area contributed by atoms with Crippen LogP contribution in [0.25, 0.3) is 0 Å². The highest BCUT2D eigenvalue weighted by atomic mass is 79.9. The number of halogens is 1. The second-order valence-corrected chi connectivity index (χ2v) is 8.39. The van der Waals surface area contributed by atoms with Crippen molar-refractivity contribution in [1.82, 2.24) is 4.72 Å². The summed E-state index contributed by atoms with van der Waals surface area (Å²) in [5.74, 6) is 0. The van der Waals surface area contributed by atoms with E-state index in [-0.39, 0.29) is 6.04 Å². The summed E-state index contributed by atoms with van der Waals surface area (Å²) in [5.41, 5.74) is 1.12. The van der Waals surface area contributed by atoms with E-state index in [1.807, 2.05) is 30.3 Å². The standard InChI is InChI=1S/C13H20BrNO2S/c1-13(2,3)18(16,17)15-12(10-14)9-11-7-5-4-6-8-11/h4-8,12,15H,9-10H2,1-3H3. The molecule has 0 aliphatic carbocycles. The number of hydrogen-bond donors (Lipinski definition) is 1. The van der Waals surface area contributed by atoms with E-state index >= 15 is 0 Å². The van der Waals surface area contributed by atoms with Crippen molar-refractivity contribution in [2.45, 2.75) is 38.0 Å². The summed E-state index contributed by atoms with van der Waals surface area (Å²) in [6, 6.07) is 9.74. The molecule has 5 heteroatoms. The molecule has 0 spiro atoms. The van der Waals surface area contributed by atoms with Crippen molar-refractivity contribution in [3.05, 3.63) is 35.9 Å². The first-order valence-electron chi connectivity index (χ1n) is 5.88. The van der Waals surface area contributed by atoms with Crippen molar-refractivity contribution in [2.24, 2.45) is 0 Å². The van der Waals surface area contributed by atoms with Crippen LogP contribution in [0.2, 0.25) is 0 Å². The fourth-order valence-corrected chi connectivity index (χ4v) is 2.99. The molecule has 0 aliphatic rings. The lowest BCUT2D eigenvalue weighted by molar-refractivity contribution is 0.529. The lowest BCUT2D eigenvalue weighted by atomic mass is 10.1. The van der Waals surface area contributed by atoms with Crippen molar-refractivity contribution < 1.29 is 8.42 Å². The average Bonchev–Trinajstić information content (AvgIpc) is 2.27. The summed E-state index contributed by atoms with van der Waals surface area (Å²) in [5, 5.41) is 0.594. The van der Waals surface area contributed by atoms with Gasteiger partial charge in [-0.2, -0.15) is 0 Å². The molecule has 0 saturated carbocycles. The molecule has 0 saturated heterocycles. The topological polar surface area (TPSA) is 46.2 Å². The summed E-state index contributed by atoms with van der Waals surface area (Å²) in [6.07, 6.45) is 0.682. The van der Waals surface area contributed by atoms with Gasteiger partial charge in [0.2, 0.25) is 10.0 Å². The molecule has 102 valence electrons. The smallest absolute Gasteiger partial charge is 0.212 e. The van der Waals surface area contributed by atoms with E-state index in [9.17, 15) is 8.42 Å². The molecule has 1 atom stereocenters. The lowest BCUT2D eigenvalue weighted by Crippen LogP contribution is -2.46. The van der Waals surface area contributed by atoms with Gasteiger partial charge in [-0.25, -0.2) is 13.1 Å². The van der Waals surface area contributed by atoms with E-state index in [1.54, 1.807) is 20.8 Å². The quantitative estimate of drug-likeness (QED) is 0.842. The maximum absolute atomic E-state index is 12.1. The summed E-state index contributed by atoms with van der Waals surface area (Å²) in [7, 11) is -3.31. The number of sulfonamides is 1. The molecule has 1 aromatic rings. The third kappa shape index (κ3) is 4.37. The van der Waals surface area contributed by atoms with Gasteiger partial charge in [-0.15, -0.1) is 0 Å². The molecule has 0 radical (unpaired) electrons. The van der Waals surface area contributed by atoms with Gasteiger partial charge in [-0.05, 0) is 32.8 Å². The molecule has 1 aromatic carbocycles. The van der Waals surface area contributed by atoms with Gasteiger partial charge in [0.1, 0.15) is 0 Å². The Morgan fingerprint density at radius 2 is 1.78 bits per heavy atom. The zero-order chi connectivity index (χ0) is 13.8. The maximum Gasteiger partial charge on any atom is 0.216 e. The van der Waals surface area contributed by atoms with Gasteiger partial charge >= 0.3 is 0 Å². The number of nitrogens with one attached hydrogen (secondary N) is 1. The van der Waals surface area contributed by atoms with E-state index < -0.39 is 14.8 Å². The summed E-state index contributed by atoms with van der Waals surface area (Å²) >= 11 is 3.37. The highest BCUT2D eigenvalue weighted by Gasteiger charge is 2.30. The van der Waals surface area contributed by atoms with Crippen molar-refractivity contribution in [1.29, 1.82) is 0 Å². The Morgan fingerprint density at radius 1 is 1.22 bits per heavy atom. The minimum atomic E-state index is -3.31. The van der Waals surface area contributed by atoms with Crippen LogP contribution >= 0.6 is 15.9 Å². The average molecular weight is 334 g/mol. The molecule has 1 unspecified atom stereocenters. The molecule has 0 amide bonds. The number of hydrogen-bond acceptors (Lipinski definition) is 2. The van der Waals surface area contributed by atoms with E-state index in [0.717, 1.165) is 5.56 Å². The van der Waals surface area contributed by atoms with Crippen LogP contribution in [0.3, 0.4) is 0 Å². The van der Waals surface area contributed by atoms with E-state index in [4.69, 9.17) is 0 Å². The van der Waals surface area contributed by atoms with E-state index in [0.29, 0.717) is 11.8 Å². The van der Waals surface area contributed by atoms with Crippen molar-refractivity contribution in [2.75, 3.05) is 5.33 Å². The molecule has 1 rings (SSSR count). The molecule has 18 heavy (non-hydrogen) atoms. The van der Waals surface area contributed by atoms with Crippen LogP contribution in [-0.4, -0.2) is 24.5 Å². The Hall–Kier alpha value is -0.390. The number of alkyl halides is 1. The second-order valence-electron chi connectivity index (χ2n) is 5.27. The van der Waals surface area contributed by atoms with Crippen molar-refractivity contribution in [3.8, 4) is 0 Å². The van der Waals surface area contributed by atoms with Crippen molar-refractivity contribution >= 4 is 26.0 Å². The Kier molecular flexibility index (Phi) is 5.37. The zero-order valence-electron chi connectivity index (χ0n) is 11.0. The third-order valence-corrected chi connectivity index (χ3v) is 5.68. The Bertz CT molecular complexity index is 466. The highest BCUT2D eigenvalue weighted by molar-refractivity contribution is 9.09. The molecule has 0 aromatic heterocycles. The van der Waals surface area contributed by atoms with Gasteiger partial charge in [0.25, 0.3) is 0 Å². The predicted molar refractivity (Wildman–Crippen MR) is 79.5 cm³/mol. The first-order valence-corrected chi connectivity index (χ1v) is 8.48. The summed E-state index contributed by atoms with van der Waals surface area (Å²) < 4.78 is 26.1. The van der Waals surface area contributed by atoms with Gasteiger partial charge < -0.3 is 0 Å². The van der Waals surface area contributed by atoms with Crippen LogP contribution in [0.4, 0.5) is 0 Å². The first-order chi connectivity index (χ1) is 8.26. The van der Waals surface area contributed by atoms with Crippen LogP contribution in [0.15, 0.2) is 30.3 Å². The van der Waals surface area contributed by atoms with Crippen LogP contribution in [0.1, 0.15) is 26.3 Å². The minimum absolute atomic E-state index is 0.128. The Balaban J connectivity index is 2.75. The highest BCUT2D eigenvalue weighted by Crippen LogP contribution is 2.15. The van der Waals surface area contributed by atoms with Crippen LogP contribution in [0.5, 0.6) is 0 Å². The SMILES string of the molecule is CC(C)(C)S(=O)(=O)NC(CBr)Cc1ccccc1. The first kappa shape index (κ1) is 15.7. The van der Waals surface area contributed by atoms with Gasteiger partial charge in [-0.3, -0.25) is 0 Å². The van der Waals surface area contributed by atoms with E-state index in [1.165, 1.54) is 0 Å². The van der Waals surface area contributed by atoms with Gasteiger partial charge in [0.15, 0.2) is 0 Å². The largest absolute Gasteiger partial charge is 0.216 e. The van der Waals surface area contributed by atoms with Gasteiger partial charge in [0, 0.05) is 11.4 Å². The zero-order valence-corrected chi connectivity index (χ0v) is 13.4.